The van der Waals surface area contributed by atoms with Gasteiger partial charge >= 0.3 is 0 Å². The molecule has 4 aromatic rings. The zero-order valence-corrected chi connectivity index (χ0v) is 19.9. The van der Waals surface area contributed by atoms with Gasteiger partial charge in [0.05, 0.1) is 21.3 Å². The smallest absolute Gasteiger partial charge is 0.243 e. The number of hydrogen-bond acceptors (Lipinski definition) is 9. The lowest BCUT2D eigenvalue weighted by Gasteiger charge is -2.10. The fourth-order valence-corrected chi connectivity index (χ4v) is 3.53. The minimum Gasteiger partial charge on any atom is -0.497 e. The molecular weight excluding hydrogens is 446 g/mol. The van der Waals surface area contributed by atoms with Crippen molar-refractivity contribution in [3.05, 3.63) is 77.0 Å². The van der Waals surface area contributed by atoms with Gasteiger partial charge in [0.1, 0.15) is 29.2 Å². The summed E-state index contributed by atoms with van der Waals surface area (Å²) in [6.45, 7) is 2.26. The zero-order chi connectivity index (χ0) is 24.8. The van der Waals surface area contributed by atoms with Gasteiger partial charge in [-0.2, -0.15) is 14.9 Å². The highest BCUT2D eigenvalue weighted by molar-refractivity contribution is 5.44. The first-order valence-electron chi connectivity index (χ1n) is 10.8. The molecule has 2 aromatic carbocycles. The van der Waals surface area contributed by atoms with Gasteiger partial charge in [0.2, 0.25) is 5.95 Å². The maximum Gasteiger partial charge on any atom is 0.243 e. The van der Waals surface area contributed by atoms with Crippen LogP contribution in [-0.4, -0.2) is 46.1 Å². The number of aryl methyl sites for hydroxylation is 1. The Morgan fingerprint density at radius 3 is 2.31 bits per heavy atom. The van der Waals surface area contributed by atoms with Gasteiger partial charge < -0.3 is 19.5 Å². The number of nitriles is 1. The highest BCUT2D eigenvalue weighted by Gasteiger charge is 2.16. The van der Waals surface area contributed by atoms with Crippen molar-refractivity contribution in [3.8, 4) is 29.1 Å². The van der Waals surface area contributed by atoms with Crippen LogP contribution in [0.4, 0.5) is 5.95 Å². The molecule has 0 aliphatic heterocycles. The maximum absolute atomic E-state index is 9.37. The SMILES string of the molecule is COc1ccc(CNc2nc(Cc3ccc(OC)c(OC)c3)n(-c3cc(C#N)nc(C)n3)n2)cc1. The predicted octanol–water partition coefficient (Wildman–Crippen LogP) is 3.47. The van der Waals surface area contributed by atoms with E-state index >= 15 is 0 Å². The second-order valence-corrected chi connectivity index (χ2v) is 7.60. The van der Waals surface area contributed by atoms with Crippen LogP contribution >= 0.6 is 0 Å². The van der Waals surface area contributed by atoms with Crippen LogP contribution in [0.3, 0.4) is 0 Å². The molecule has 10 heteroatoms. The first kappa shape index (κ1) is 23.5. The van der Waals surface area contributed by atoms with Crippen molar-refractivity contribution in [2.75, 3.05) is 26.6 Å². The van der Waals surface area contributed by atoms with Gasteiger partial charge in [-0.25, -0.2) is 9.97 Å². The molecule has 0 saturated carbocycles. The fraction of sp³-hybridized carbons (Fsp3) is 0.240. The van der Waals surface area contributed by atoms with Crippen LogP contribution in [0.2, 0.25) is 0 Å². The number of anilines is 1. The molecule has 0 saturated heterocycles. The Hall–Kier alpha value is -4.65. The summed E-state index contributed by atoms with van der Waals surface area (Å²) in [6, 6.07) is 17.1. The predicted molar refractivity (Wildman–Crippen MR) is 129 cm³/mol. The normalized spacial score (nSPS) is 10.5. The van der Waals surface area contributed by atoms with Crippen LogP contribution in [0.25, 0.3) is 5.82 Å². The van der Waals surface area contributed by atoms with Gasteiger partial charge in [-0.3, -0.25) is 0 Å². The molecule has 2 heterocycles. The fourth-order valence-electron chi connectivity index (χ4n) is 3.53. The van der Waals surface area contributed by atoms with Gasteiger partial charge in [0, 0.05) is 19.0 Å². The summed E-state index contributed by atoms with van der Waals surface area (Å²) < 4.78 is 17.6. The summed E-state index contributed by atoms with van der Waals surface area (Å²) in [6.07, 6.45) is 0.447. The van der Waals surface area contributed by atoms with Gasteiger partial charge in [-0.15, -0.1) is 5.10 Å². The van der Waals surface area contributed by atoms with E-state index in [4.69, 9.17) is 19.2 Å². The number of rotatable bonds is 9. The Morgan fingerprint density at radius 2 is 1.63 bits per heavy atom. The van der Waals surface area contributed by atoms with E-state index in [1.165, 1.54) is 0 Å². The molecule has 0 radical (unpaired) electrons. The highest BCUT2D eigenvalue weighted by atomic mass is 16.5. The summed E-state index contributed by atoms with van der Waals surface area (Å²) in [5.41, 5.74) is 2.25. The summed E-state index contributed by atoms with van der Waals surface area (Å²) in [5.74, 6) is 4.07. The molecule has 178 valence electrons. The Labute approximate surface area is 203 Å². The van der Waals surface area contributed by atoms with E-state index in [2.05, 4.69) is 26.5 Å². The van der Waals surface area contributed by atoms with Gasteiger partial charge in [-0.05, 0) is 42.3 Å². The minimum atomic E-state index is 0.257. The van der Waals surface area contributed by atoms with Crippen LogP contribution in [0.15, 0.2) is 48.5 Å². The van der Waals surface area contributed by atoms with Crippen LogP contribution in [0, 0.1) is 18.3 Å². The standard InChI is InChI=1S/C25H25N7O3/c1-16-28-19(14-26)13-24(29-16)32-23(12-18-7-10-21(34-3)22(11-18)35-4)30-25(31-32)27-15-17-5-8-20(33-2)9-6-17/h5-11,13H,12,15H2,1-4H3,(H,27,31). The Kier molecular flexibility index (Phi) is 7.07. The molecule has 0 bridgehead atoms. The average molecular weight is 472 g/mol. The third-order valence-corrected chi connectivity index (χ3v) is 5.25. The van der Waals surface area contributed by atoms with Crippen LogP contribution < -0.4 is 19.5 Å². The lowest BCUT2D eigenvalue weighted by molar-refractivity contribution is 0.354. The van der Waals surface area contributed by atoms with E-state index in [-0.39, 0.29) is 5.69 Å². The van der Waals surface area contributed by atoms with Crippen LogP contribution in [0.1, 0.15) is 28.5 Å². The van der Waals surface area contributed by atoms with Crippen molar-refractivity contribution in [3.63, 3.8) is 0 Å². The number of nitrogens with zero attached hydrogens (tertiary/aromatic N) is 6. The molecule has 35 heavy (non-hydrogen) atoms. The molecule has 0 atom stereocenters. The lowest BCUT2D eigenvalue weighted by Crippen LogP contribution is -2.09. The zero-order valence-electron chi connectivity index (χ0n) is 19.9. The summed E-state index contributed by atoms with van der Waals surface area (Å²) in [4.78, 5) is 13.3. The van der Waals surface area contributed by atoms with E-state index < -0.39 is 0 Å². The van der Waals surface area contributed by atoms with E-state index in [1.54, 1.807) is 39.0 Å². The number of ether oxygens (including phenoxy) is 3. The Morgan fingerprint density at radius 1 is 0.886 bits per heavy atom. The van der Waals surface area contributed by atoms with E-state index in [0.717, 1.165) is 16.9 Å². The molecule has 0 unspecified atom stereocenters. The molecule has 0 spiro atoms. The molecule has 0 aliphatic carbocycles. The molecule has 0 amide bonds. The van der Waals surface area contributed by atoms with E-state index in [9.17, 15) is 5.26 Å². The molecule has 1 N–H and O–H groups in total. The second kappa shape index (κ2) is 10.5. The second-order valence-electron chi connectivity index (χ2n) is 7.60. The highest BCUT2D eigenvalue weighted by Crippen LogP contribution is 2.28. The third kappa shape index (κ3) is 5.47. The Balaban J connectivity index is 1.67. The maximum atomic E-state index is 9.37. The monoisotopic (exact) mass is 471 g/mol. The van der Waals surface area contributed by atoms with Crippen molar-refractivity contribution >= 4 is 5.95 Å². The van der Waals surface area contributed by atoms with E-state index in [1.807, 2.05) is 42.5 Å². The molecule has 10 nitrogen and oxygen atoms in total. The first-order valence-corrected chi connectivity index (χ1v) is 10.8. The molecule has 0 aliphatic rings. The van der Waals surface area contributed by atoms with Crippen molar-refractivity contribution < 1.29 is 14.2 Å². The largest absolute Gasteiger partial charge is 0.497 e. The van der Waals surface area contributed by atoms with Crippen molar-refractivity contribution in [2.24, 2.45) is 0 Å². The molecule has 0 fully saturated rings. The number of hydrogen-bond donors (Lipinski definition) is 1. The molecule has 2 aromatic heterocycles. The van der Waals surface area contributed by atoms with Gasteiger partial charge in [0.15, 0.2) is 17.3 Å². The molecule has 4 rings (SSSR count). The van der Waals surface area contributed by atoms with Crippen molar-refractivity contribution in [2.45, 2.75) is 19.9 Å². The summed E-state index contributed by atoms with van der Waals surface area (Å²) in [5, 5.41) is 17.3. The average Bonchev–Trinajstić information content (AvgIpc) is 3.29. The lowest BCUT2D eigenvalue weighted by atomic mass is 10.1. The summed E-state index contributed by atoms with van der Waals surface area (Å²) in [7, 11) is 4.83. The topological polar surface area (TPSA) is 120 Å². The van der Waals surface area contributed by atoms with Crippen molar-refractivity contribution in [1.82, 2.24) is 24.7 Å². The number of aromatic nitrogens is 5. The number of methoxy groups -OCH3 is 3. The van der Waals surface area contributed by atoms with E-state index in [0.29, 0.717) is 47.9 Å². The quantitative estimate of drug-likeness (QED) is 0.391. The van der Waals surface area contributed by atoms with Gasteiger partial charge in [-0.1, -0.05) is 18.2 Å². The number of nitrogens with one attached hydrogen (secondary N) is 1. The van der Waals surface area contributed by atoms with Crippen molar-refractivity contribution in [1.29, 1.82) is 5.26 Å². The third-order valence-electron chi connectivity index (χ3n) is 5.25. The van der Waals surface area contributed by atoms with Crippen LogP contribution in [0.5, 0.6) is 17.2 Å². The van der Waals surface area contributed by atoms with Crippen LogP contribution in [-0.2, 0) is 13.0 Å². The number of benzene rings is 2. The summed E-state index contributed by atoms with van der Waals surface area (Å²) >= 11 is 0. The Bertz CT molecular complexity index is 1360. The van der Waals surface area contributed by atoms with Gasteiger partial charge in [0.25, 0.3) is 0 Å². The first-order chi connectivity index (χ1) is 17.0. The molecular formula is C25H25N7O3. The minimum absolute atomic E-state index is 0.257.